The number of carbonyl (C=O) groups excluding carboxylic acids is 1. The van der Waals surface area contributed by atoms with Crippen LogP contribution in [-0.4, -0.2) is 48.3 Å². The Bertz CT molecular complexity index is 1080. The lowest BCUT2D eigenvalue weighted by molar-refractivity contribution is -0.128. The van der Waals surface area contributed by atoms with Crippen molar-refractivity contribution >= 4 is 34.3 Å². The fourth-order valence-corrected chi connectivity index (χ4v) is 4.18. The number of thioether (sulfide) groups is 1. The van der Waals surface area contributed by atoms with Crippen LogP contribution in [0, 0.1) is 0 Å². The van der Waals surface area contributed by atoms with Crippen molar-refractivity contribution in [2.75, 3.05) is 12.3 Å². The van der Waals surface area contributed by atoms with Crippen LogP contribution >= 0.6 is 11.8 Å². The standard InChI is InChI=1S/C19H21N5O2S/c1-3-11-23-17(26)14-7-5-6-8-15(14)24-18(23)20-21-19(24)27-12-16(25)22(4-2)13-9-10-13/h3,5-8,13H,1,4,9-12H2,2H3. The molecule has 4 rings (SSSR count). The molecular formula is C19H21N5O2S. The number of hydrogen-bond donors (Lipinski definition) is 0. The van der Waals surface area contributed by atoms with Crippen LogP contribution in [0.2, 0.25) is 0 Å². The zero-order chi connectivity index (χ0) is 19.0. The molecule has 1 saturated carbocycles. The van der Waals surface area contributed by atoms with Gasteiger partial charge in [0.2, 0.25) is 11.7 Å². The third kappa shape index (κ3) is 3.14. The summed E-state index contributed by atoms with van der Waals surface area (Å²) in [5.74, 6) is 0.883. The summed E-state index contributed by atoms with van der Waals surface area (Å²) in [7, 11) is 0. The summed E-state index contributed by atoms with van der Waals surface area (Å²) < 4.78 is 3.41. The van der Waals surface area contributed by atoms with Crippen LogP contribution in [0.5, 0.6) is 0 Å². The summed E-state index contributed by atoms with van der Waals surface area (Å²) >= 11 is 1.36. The fourth-order valence-electron chi connectivity index (χ4n) is 3.35. The molecule has 0 unspecified atom stereocenters. The lowest BCUT2D eigenvalue weighted by Gasteiger charge is -2.19. The van der Waals surface area contributed by atoms with Crippen LogP contribution < -0.4 is 5.56 Å². The van der Waals surface area contributed by atoms with Crippen LogP contribution in [0.3, 0.4) is 0 Å². The van der Waals surface area contributed by atoms with Crippen molar-refractivity contribution < 1.29 is 4.79 Å². The molecule has 3 aromatic rings. The molecule has 0 radical (unpaired) electrons. The first kappa shape index (κ1) is 17.8. The highest BCUT2D eigenvalue weighted by Gasteiger charge is 2.31. The Morgan fingerprint density at radius 2 is 2.15 bits per heavy atom. The number of allylic oxidation sites excluding steroid dienone is 1. The van der Waals surface area contributed by atoms with Gasteiger partial charge in [0, 0.05) is 19.1 Å². The van der Waals surface area contributed by atoms with Gasteiger partial charge in [0.15, 0.2) is 5.16 Å². The number of hydrogen-bond acceptors (Lipinski definition) is 5. The summed E-state index contributed by atoms with van der Waals surface area (Å²) in [6.07, 6.45) is 3.85. The van der Waals surface area contributed by atoms with E-state index in [1.54, 1.807) is 16.7 Å². The number of fused-ring (bicyclic) bond motifs is 3. The van der Waals surface area contributed by atoms with Crippen molar-refractivity contribution in [2.45, 2.75) is 37.5 Å². The zero-order valence-electron chi connectivity index (χ0n) is 15.2. The molecular weight excluding hydrogens is 362 g/mol. The van der Waals surface area contributed by atoms with E-state index >= 15 is 0 Å². The van der Waals surface area contributed by atoms with E-state index in [9.17, 15) is 9.59 Å². The Balaban J connectivity index is 1.75. The first-order valence-corrected chi connectivity index (χ1v) is 10.0. The number of benzene rings is 1. The Hall–Kier alpha value is -2.61. The predicted molar refractivity (Wildman–Crippen MR) is 106 cm³/mol. The average Bonchev–Trinajstić information content (AvgIpc) is 3.42. The second-order valence-electron chi connectivity index (χ2n) is 6.54. The Labute approximate surface area is 160 Å². The molecule has 0 N–H and O–H groups in total. The van der Waals surface area contributed by atoms with E-state index in [-0.39, 0.29) is 11.5 Å². The van der Waals surface area contributed by atoms with Crippen molar-refractivity contribution in [3.05, 3.63) is 47.3 Å². The maximum atomic E-state index is 12.8. The molecule has 0 saturated heterocycles. The highest BCUT2D eigenvalue weighted by Crippen LogP contribution is 2.28. The van der Waals surface area contributed by atoms with E-state index in [0.29, 0.717) is 34.7 Å². The second-order valence-corrected chi connectivity index (χ2v) is 7.48. The molecule has 7 nitrogen and oxygen atoms in total. The number of aromatic nitrogens is 4. The minimum absolute atomic E-state index is 0.116. The van der Waals surface area contributed by atoms with E-state index in [2.05, 4.69) is 16.8 Å². The molecule has 8 heteroatoms. The van der Waals surface area contributed by atoms with Crippen LogP contribution in [0.1, 0.15) is 19.8 Å². The van der Waals surface area contributed by atoms with E-state index < -0.39 is 0 Å². The average molecular weight is 383 g/mol. The minimum Gasteiger partial charge on any atom is -0.339 e. The number of rotatable bonds is 7. The van der Waals surface area contributed by atoms with Crippen LogP contribution in [0.15, 0.2) is 46.9 Å². The molecule has 1 aliphatic rings. The van der Waals surface area contributed by atoms with Crippen molar-refractivity contribution in [2.24, 2.45) is 0 Å². The molecule has 1 aromatic carbocycles. The Morgan fingerprint density at radius 3 is 2.85 bits per heavy atom. The van der Waals surface area contributed by atoms with E-state index in [1.165, 1.54) is 11.8 Å². The quantitative estimate of drug-likeness (QED) is 0.463. The Kier molecular flexibility index (Phi) is 4.73. The molecule has 140 valence electrons. The van der Waals surface area contributed by atoms with Crippen LogP contribution in [0.25, 0.3) is 16.7 Å². The number of nitrogens with zero attached hydrogens (tertiary/aromatic N) is 5. The molecule has 0 spiro atoms. The summed E-state index contributed by atoms with van der Waals surface area (Å²) in [6, 6.07) is 7.78. The highest BCUT2D eigenvalue weighted by molar-refractivity contribution is 7.99. The minimum atomic E-state index is -0.121. The molecule has 1 amide bonds. The summed E-state index contributed by atoms with van der Waals surface area (Å²) in [5, 5.41) is 9.68. The van der Waals surface area contributed by atoms with E-state index in [1.807, 2.05) is 34.4 Å². The van der Waals surface area contributed by atoms with Gasteiger partial charge >= 0.3 is 0 Å². The molecule has 27 heavy (non-hydrogen) atoms. The molecule has 2 heterocycles. The van der Waals surface area contributed by atoms with Gasteiger partial charge in [0.1, 0.15) is 0 Å². The molecule has 1 aliphatic carbocycles. The number of para-hydroxylation sites is 1. The second kappa shape index (κ2) is 7.19. The molecule has 0 atom stereocenters. The van der Waals surface area contributed by atoms with Crippen LogP contribution in [-0.2, 0) is 11.3 Å². The van der Waals surface area contributed by atoms with Gasteiger partial charge in [0.25, 0.3) is 5.56 Å². The number of amides is 1. The van der Waals surface area contributed by atoms with Gasteiger partial charge in [-0.3, -0.25) is 18.6 Å². The fraction of sp³-hybridized carbons (Fsp3) is 0.368. The summed E-state index contributed by atoms with van der Waals surface area (Å²) in [5.41, 5.74) is 0.621. The predicted octanol–water partition coefficient (Wildman–Crippen LogP) is 2.33. The van der Waals surface area contributed by atoms with Crippen molar-refractivity contribution in [3.63, 3.8) is 0 Å². The van der Waals surface area contributed by atoms with Gasteiger partial charge in [-0.25, -0.2) is 0 Å². The van der Waals surface area contributed by atoms with Crippen molar-refractivity contribution in [1.82, 2.24) is 24.1 Å². The first-order valence-electron chi connectivity index (χ1n) is 9.05. The normalized spacial score (nSPS) is 14.0. The van der Waals surface area contributed by atoms with E-state index in [4.69, 9.17) is 0 Å². The third-order valence-electron chi connectivity index (χ3n) is 4.76. The summed E-state index contributed by atoms with van der Waals surface area (Å²) in [4.78, 5) is 27.3. The lowest BCUT2D eigenvalue weighted by atomic mass is 10.2. The van der Waals surface area contributed by atoms with Gasteiger partial charge in [-0.15, -0.1) is 16.8 Å². The van der Waals surface area contributed by atoms with Gasteiger partial charge in [0.05, 0.1) is 16.7 Å². The molecule has 2 aromatic heterocycles. The summed E-state index contributed by atoms with van der Waals surface area (Å²) in [6.45, 7) is 6.81. The molecule has 0 aliphatic heterocycles. The smallest absolute Gasteiger partial charge is 0.263 e. The maximum Gasteiger partial charge on any atom is 0.263 e. The lowest BCUT2D eigenvalue weighted by Crippen LogP contribution is -2.34. The van der Waals surface area contributed by atoms with E-state index in [0.717, 1.165) is 24.9 Å². The largest absolute Gasteiger partial charge is 0.339 e. The van der Waals surface area contributed by atoms with Crippen LogP contribution in [0.4, 0.5) is 0 Å². The van der Waals surface area contributed by atoms with Gasteiger partial charge in [-0.2, -0.15) is 0 Å². The van der Waals surface area contributed by atoms with Gasteiger partial charge < -0.3 is 4.90 Å². The van der Waals surface area contributed by atoms with Crippen molar-refractivity contribution in [1.29, 1.82) is 0 Å². The molecule has 1 fully saturated rings. The van der Waals surface area contributed by atoms with Gasteiger partial charge in [-0.05, 0) is 31.9 Å². The first-order chi connectivity index (χ1) is 13.2. The maximum absolute atomic E-state index is 12.8. The Morgan fingerprint density at radius 1 is 1.37 bits per heavy atom. The highest BCUT2D eigenvalue weighted by atomic mass is 32.2. The SMILES string of the molecule is C=CCn1c(=O)c2ccccc2n2c(SCC(=O)N(CC)C3CC3)nnc12. The van der Waals surface area contributed by atoms with Gasteiger partial charge in [-0.1, -0.05) is 30.0 Å². The third-order valence-corrected chi connectivity index (χ3v) is 5.68. The van der Waals surface area contributed by atoms with Crippen molar-refractivity contribution in [3.8, 4) is 0 Å². The topological polar surface area (TPSA) is 72.5 Å². The zero-order valence-corrected chi connectivity index (χ0v) is 16.0. The monoisotopic (exact) mass is 383 g/mol. The number of carbonyl (C=O) groups is 1. The molecule has 0 bridgehead atoms.